The van der Waals surface area contributed by atoms with E-state index in [4.69, 9.17) is 17.3 Å². The highest BCUT2D eigenvalue weighted by atomic mass is 35.5. The summed E-state index contributed by atoms with van der Waals surface area (Å²) >= 11 is 5.93. The van der Waals surface area contributed by atoms with Gasteiger partial charge in [0.1, 0.15) is 5.25 Å². The molecule has 0 spiro atoms. The minimum absolute atomic E-state index is 0.0105. The maximum atomic E-state index is 12.7. The Bertz CT molecular complexity index is 696. The molecule has 5 heteroatoms. The van der Waals surface area contributed by atoms with Crippen molar-refractivity contribution in [2.45, 2.75) is 17.1 Å². The topological polar surface area (TPSA) is 60.2 Å². The van der Waals surface area contributed by atoms with Gasteiger partial charge in [0, 0.05) is 11.6 Å². The Balaban J connectivity index is 2.47. The van der Waals surface area contributed by atoms with Crippen molar-refractivity contribution < 1.29 is 8.42 Å². The van der Waals surface area contributed by atoms with Gasteiger partial charge in [0.15, 0.2) is 9.84 Å². The van der Waals surface area contributed by atoms with Gasteiger partial charge < -0.3 is 5.73 Å². The number of nitrogens with two attached hydrogens (primary N) is 1. The first-order valence-electron chi connectivity index (χ1n) is 6.21. The third-order valence-corrected chi connectivity index (χ3v) is 5.54. The standard InChI is InChI=1S/C15H16ClNO2S/c1-11-5-7-14(8-6-11)20(18,19)15(10-17)12-3-2-4-13(16)9-12/h2-9,15H,10,17H2,1H3. The minimum Gasteiger partial charge on any atom is -0.329 e. The number of hydrogen-bond acceptors (Lipinski definition) is 3. The van der Waals surface area contributed by atoms with E-state index in [1.807, 2.05) is 6.92 Å². The van der Waals surface area contributed by atoms with Gasteiger partial charge in [0.2, 0.25) is 0 Å². The van der Waals surface area contributed by atoms with Crippen LogP contribution in [0.3, 0.4) is 0 Å². The molecule has 0 aliphatic heterocycles. The second-order valence-corrected chi connectivity index (χ2v) is 7.20. The largest absolute Gasteiger partial charge is 0.329 e. The quantitative estimate of drug-likeness (QED) is 0.944. The van der Waals surface area contributed by atoms with Gasteiger partial charge in [-0.15, -0.1) is 0 Å². The lowest BCUT2D eigenvalue weighted by molar-refractivity contribution is 0.582. The predicted molar refractivity (Wildman–Crippen MR) is 81.6 cm³/mol. The van der Waals surface area contributed by atoms with E-state index in [0.717, 1.165) is 5.56 Å². The Morgan fingerprint density at radius 2 is 1.80 bits per heavy atom. The summed E-state index contributed by atoms with van der Waals surface area (Å²) in [4.78, 5) is 0.276. The molecule has 2 aromatic rings. The Morgan fingerprint density at radius 1 is 1.15 bits per heavy atom. The summed E-state index contributed by atoms with van der Waals surface area (Å²) in [6, 6.07) is 13.6. The molecule has 106 valence electrons. The molecule has 0 aromatic heterocycles. The van der Waals surface area contributed by atoms with Gasteiger partial charge in [0.25, 0.3) is 0 Å². The first kappa shape index (κ1) is 15.0. The van der Waals surface area contributed by atoms with Crippen molar-refractivity contribution in [2.24, 2.45) is 5.73 Å². The first-order valence-corrected chi connectivity index (χ1v) is 8.13. The fourth-order valence-electron chi connectivity index (χ4n) is 2.04. The SMILES string of the molecule is Cc1ccc(S(=O)(=O)C(CN)c2cccc(Cl)c2)cc1. The molecule has 0 saturated carbocycles. The monoisotopic (exact) mass is 309 g/mol. The fraction of sp³-hybridized carbons (Fsp3) is 0.200. The average Bonchev–Trinajstić information content (AvgIpc) is 2.40. The number of rotatable bonds is 4. The molecule has 0 aliphatic carbocycles. The molecule has 3 nitrogen and oxygen atoms in total. The Labute approximate surface area is 124 Å². The summed E-state index contributed by atoms with van der Waals surface area (Å²) in [6.45, 7) is 1.92. The van der Waals surface area contributed by atoms with Gasteiger partial charge in [-0.25, -0.2) is 8.42 Å². The fourth-order valence-corrected chi connectivity index (χ4v) is 3.84. The molecular formula is C15H16ClNO2S. The normalized spacial score (nSPS) is 13.2. The van der Waals surface area contributed by atoms with E-state index < -0.39 is 15.1 Å². The minimum atomic E-state index is -3.52. The summed E-state index contributed by atoms with van der Waals surface area (Å²) in [5.41, 5.74) is 7.31. The van der Waals surface area contributed by atoms with E-state index in [2.05, 4.69) is 0 Å². The Kier molecular flexibility index (Phi) is 4.48. The predicted octanol–water partition coefficient (Wildman–Crippen LogP) is 3.12. The summed E-state index contributed by atoms with van der Waals surface area (Å²) < 4.78 is 25.3. The van der Waals surface area contributed by atoms with Crippen LogP contribution in [-0.4, -0.2) is 15.0 Å². The lowest BCUT2D eigenvalue weighted by atomic mass is 10.1. The van der Waals surface area contributed by atoms with Crippen LogP contribution < -0.4 is 5.73 Å². The smallest absolute Gasteiger partial charge is 0.186 e. The molecule has 0 saturated heterocycles. The number of halogens is 1. The molecular weight excluding hydrogens is 294 g/mol. The lowest BCUT2D eigenvalue weighted by Gasteiger charge is -2.16. The van der Waals surface area contributed by atoms with Gasteiger partial charge in [-0.3, -0.25) is 0 Å². The molecule has 0 aliphatic rings. The maximum Gasteiger partial charge on any atom is 0.186 e. The van der Waals surface area contributed by atoms with Gasteiger partial charge in [-0.2, -0.15) is 0 Å². The van der Waals surface area contributed by atoms with Crippen molar-refractivity contribution in [3.05, 3.63) is 64.7 Å². The zero-order valence-electron chi connectivity index (χ0n) is 11.1. The second-order valence-electron chi connectivity index (χ2n) is 4.64. The molecule has 0 radical (unpaired) electrons. The maximum absolute atomic E-state index is 12.7. The third-order valence-electron chi connectivity index (χ3n) is 3.16. The zero-order valence-corrected chi connectivity index (χ0v) is 12.7. The average molecular weight is 310 g/mol. The zero-order chi connectivity index (χ0) is 14.8. The number of sulfone groups is 1. The highest BCUT2D eigenvalue weighted by Gasteiger charge is 2.27. The van der Waals surface area contributed by atoms with E-state index in [0.29, 0.717) is 10.6 Å². The van der Waals surface area contributed by atoms with Gasteiger partial charge in [-0.05, 0) is 36.8 Å². The van der Waals surface area contributed by atoms with Gasteiger partial charge in [0.05, 0.1) is 4.90 Å². The van der Waals surface area contributed by atoms with Crippen molar-refractivity contribution in [3.8, 4) is 0 Å². The van der Waals surface area contributed by atoms with E-state index in [1.165, 1.54) is 0 Å². The van der Waals surface area contributed by atoms with Crippen molar-refractivity contribution in [3.63, 3.8) is 0 Å². The van der Waals surface area contributed by atoms with Crippen LogP contribution >= 0.6 is 11.6 Å². The molecule has 2 N–H and O–H groups in total. The molecule has 20 heavy (non-hydrogen) atoms. The summed E-state index contributed by atoms with van der Waals surface area (Å²) in [7, 11) is -3.52. The highest BCUT2D eigenvalue weighted by molar-refractivity contribution is 7.91. The summed E-state index contributed by atoms with van der Waals surface area (Å²) in [5.74, 6) is 0. The van der Waals surface area contributed by atoms with E-state index in [1.54, 1.807) is 48.5 Å². The molecule has 2 rings (SSSR count). The molecule has 0 amide bonds. The number of hydrogen-bond donors (Lipinski definition) is 1. The van der Waals surface area contributed by atoms with Crippen LogP contribution in [0.4, 0.5) is 0 Å². The van der Waals surface area contributed by atoms with Crippen molar-refractivity contribution >= 4 is 21.4 Å². The molecule has 0 heterocycles. The van der Waals surface area contributed by atoms with Crippen LogP contribution in [0.1, 0.15) is 16.4 Å². The highest BCUT2D eigenvalue weighted by Crippen LogP contribution is 2.29. The van der Waals surface area contributed by atoms with Crippen molar-refractivity contribution in [1.29, 1.82) is 0 Å². The lowest BCUT2D eigenvalue weighted by Crippen LogP contribution is -2.22. The van der Waals surface area contributed by atoms with Crippen LogP contribution in [0.5, 0.6) is 0 Å². The summed E-state index contributed by atoms with van der Waals surface area (Å²) in [6.07, 6.45) is 0. The molecule has 1 atom stereocenters. The van der Waals surface area contributed by atoms with Gasteiger partial charge in [-0.1, -0.05) is 41.4 Å². The van der Waals surface area contributed by atoms with Crippen LogP contribution in [0.25, 0.3) is 0 Å². The summed E-state index contributed by atoms with van der Waals surface area (Å²) in [5, 5.41) is -0.288. The van der Waals surface area contributed by atoms with E-state index >= 15 is 0 Å². The van der Waals surface area contributed by atoms with E-state index in [9.17, 15) is 8.42 Å². The van der Waals surface area contributed by atoms with Crippen LogP contribution in [0.15, 0.2) is 53.4 Å². The van der Waals surface area contributed by atoms with Crippen molar-refractivity contribution in [1.82, 2.24) is 0 Å². The number of benzene rings is 2. The second kappa shape index (κ2) is 5.95. The van der Waals surface area contributed by atoms with Crippen LogP contribution in [0, 0.1) is 6.92 Å². The third kappa shape index (κ3) is 3.03. The van der Waals surface area contributed by atoms with Crippen LogP contribution in [-0.2, 0) is 9.84 Å². The van der Waals surface area contributed by atoms with E-state index in [-0.39, 0.29) is 11.4 Å². The number of aryl methyl sites for hydroxylation is 1. The first-order chi connectivity index (χ1) is 9.45. The Hall–Kier alpha value is -1.36. The van der Waals surface area contributed by atoms with Crippen LogP contribution in [0.2, 0.25) is 5.02 Å². The molecule has 0 bridgehead atoms. The van der Waals surface area contributed by atoms with Crippen molar-refractivity contribution in [2.75, 3.05) is 6.54 Å². The molecule has 1 unspecified atom stereocenters. The molecule has 0 fully saturated rings. The van der Waals surface area contributed by atoms with Gasteiger partial charge >= 0.3 is 0 Å². The molecule has 2 aromatic carbocycles. The Morgan fingerprint density at radius 3 is 2.35 bits per heavy atom.